The summed E-state index contributed by atoms with van der Waals surface area (Å²) in [4.78, 5) is 13.1. The monoisotopic (exact) mass is 1040 g/mol. The van der Waals surface area contributed by atoms with E-state index in [2.05, 4.69) is 19.2 Å². The number of nitrogens with one attached hydrogen (secondary N) is 1. The van der Waals surface area contributed by atoms with Gasteiger partial charge in [-0.3, -0.25) is 4.79 Å². The van der Waals surface area contributed by atoms with Crippen LogP contribution in [-0.2, 0) is 14.3 Å². The average molecular weight is 1040 g/mol. The summed E-state index contributed by atoms with van der Waals surface area (Å²) in [5.74, 6) is -0.692. The molecule has 0 bridgehead atoms. The number of rotatable bonds is 56. The number of ether oxygens (including phenoxy) is 2. The Labute approximate surface area is 449 Å². The van der Waals surface area contributed by atoms with Gasteiger partial charge >= 0.3 is 0 Å². The van der Waals surface area contributed by atoms with Crippen molar-refractivity contribution in [1.82, 2.24) is 5.32 Å². The molecule has 1 heterocycles. The molecule has 0 aromatic rings. The van der Waals surface area contributed by atoms with Crippen molar-refractivity contribution in [2.75, 3.05) is 13.2 Å². The van der Waals surface area contributed by atoms with Gasteiger partial charge in [0.05, 0.1) is 25.4 Å². The Morgan fingerprint density at radius 3 is 1.01 bits per heavy atom. The first kappa shape index (κ1) is 70.1. The van der Waals surface area contributed by atoms with Crippen molar-refractivity contribution in [2.45, 2.75) is 377 Å². The number of carbonyl (C=O) groups excluding carboxylic acids is 1. The van der Waals surface area contributed by atoms with Crippen molar-refractivity contribution >= 4 is 5.91 Å². The summed E-state index contributed by atoms with van der Waals surface area (Å²) in [6.07, 6.45) is 49.6. The first-order chi connectivity index (χ1) is 35.7. The fourth-order valence-electron chi connectivity index (χ4n) is 10.7. The van der Waals surface area contributed by atoms with Crippen LogP contribution in [0.2, 0.25) is 0 Å². The molecule has 1 aliphatic rings. The lowest BCUT2D eigenvalue weighted by atomic mass is 9.98. The predicted octanol–water partition coefficient (Wildman–Crippen LogP) is 14.1. The lowest BCUT2D eigenvalue weighted by Gasteiger charge is -2.40. The minimum Gasteiger partial charge on any atom is -0.394 e. The summed E-state index contributed by atoms with van der Waals surface area (Å²) in [5, 5.41) is 75.7. The van der Waals surface area contributed by atoms with Gasteiger partial charge in [0.2, 0.25) is 5.91 Å². The van der Waals surface area contributed by atoms with Gasteiger partial charge in [0.15, 0.2) is 6.29 Å². The smallest absolute Gasteiger partial charge is 0.249 e. The Balaban J connectivity index is 2.02. The maximum absolute atomic E-state index is 13.1. The maximum atomic E-state index is 13.1. The van der Waals surface area contributed by atoms with E-state index in [1.165, 1.54) is 244 Å². The van der Waals surface area contributed by atoms with E-state index < -0.39 is 74.2 Å². The molecule has 0 aromatic carbocycles. The van der Waals surface area contributed by atoms with Crippen LogP contribution in [0.25, 0.3) is 0 Å². The van der Waals surface area contributed by atoms with Gasteiger partial charge in [-0.15, -0.1) is 0 Å². The third-order valence-electron chi connectivity index (χ3n) is 15.9. The van der Waals surface area contributed by atoms with E-state index in [-0.39, 0.29) is 6.42 Å². The van der Waals surface area contributed by atoms with Crippen LogP contribution in [0.4, 0.5) is 0 Å². The second kappa shape index (κ2) is 51.8. The van der Waals surface area contributed by atoms with E-state index in [0.29, 0.717) is 19.3 Å². The molecule has 11 heteroatoms. The third-order valence-corrected chi connectivity index (χ3v) is 15.9. The van der Waals surface area contributed by atoms with Gasteiger partial charge in [0, 0.05) is 0 Å². The van der Waals surface area contributed by atoms with Gasteiger partial charge in [-0.25, -0.2) is 0 Å². The molecule has 8 N–H and O–H groups in total. The van der Waals surface area contributed by atoms with E-state index in [9.17, 15) is 40.5 Å². The van der Waals surface area contributed by atoms with Crippen molar-refractivity contribution in [3.63, 3.8) is 0 Å². The predicted molar refractivity (Wildman–Crippen MR) is 303 cm³/mol. The second-order valence-corrected chi connectivity index (χ2v) is 22.9. The zero-order chi connectivity index (χ0) is 53.3. The Morgan fingerprint density at radius 2 is 0.712 bits per heavy atom. The molecule has 9 atom stereocenters. The van der Waals surface area contributed by atoms with Crippen LogP contribution in [0.3, 0.4) is 0 Å². The molecule has 0 radical (unpaired) electrons. The highest BCUT2D eigenvalue weighted by atomic mass is 16.7. The van der Waals surface area contributed by atoms with Crippen LogP contribution < -0.4 is 5.32 Å². The molecule has 9 unspecified atom stereocenters. The number of hydrogen-bond acceptors (Lipinski definition) is 10. The van der Waals surface area contributed by atoms with Crippen molar-refractivity contribution in [3.05, 3.63) is 0 Å². The lowest BCUT2D eigenvalue weighted by molar-refractivity contribution is -0.303. The molecule has 0 aromatic heterocycles. The Hall–Kier alpha value is -0.890. The zero-order valence-corrected chi connectivity index (χ0v) is 47.9. The summed E-state index contributed by atoms with van der Waals surface area (Å²) in [7, 11) is 0. The van der Waals surface area contributed by atoms with E-state index in [1.807, 2.05) is 0 Å². The number of amides is 1. The Kier molecular flexibility index (Phi) is 49.8. The summed E-state index contributed by atoms with van der Waals surface area (Å²) >= 11 is 0. The number of aliphatic hydroxyl groups excluding tert-OH is 7. The van der Waals surface area contributed by atoms with Crippen LogP contribution in [0.15, 0.2) is 0 Å². The largest absolute Gasteiger partial charge is 0.394 e. The topological polar surface area (TPSA) is 189 Å². The number of carbonyl (C=O) groups is 1. The number of aliphatic hydroxyl groups is 7. The minimum absolute atomic E-state index is 0.267. The lowest BCUT2D eigenvalue weighted by Crippen LogP contribution is -2.60. The normalized spacial score (nSPS) is 19.8. The standard InChI is InChI=1S/C62H123NO10/c1-3-5-7-9-11-13-14-15-16-17-18-19-20-21-22-23-24-25-26-27-28-29-30-31-32-33-34-35-36-37-38-39-40-41-42-44-46-48-50-55(66)61(71)63-53(52-72-62-60(70)59(69)58(68)56(51-64)73-62)57(67)54(65)49-47-45-43-12-10-8-6-4-2/h53-60,62,64-70H,3-52H2,1-2H3,(H,63,71). The third kappa shape index (κ3) is 40.0. The summed E-state index contributed by atoms with van der Waals surface area (Å²) < 4.78 is 11.1. The average Bonchev–Trinajstić information content (AvgIpc) is 3.39. The van der Waals surface area contributed by atoms with Gasteiger partial charge in [-0.2, -0.15) is 0 Å². The number of unbranched alkanes of at least 4 members (excludes halogenated alkanes) is 44. The first-order valence-corrected chi connectivity index (χ1v) is 31.9. The second-order valence-electron chi connectivity index (χ2n) is 22.9. The first-order valence-electron chi connectivity index (χ1n) is 31.9. The van der Waals surface area contributed by atoms with E-state index in [1.54, 1.807) is 0 Å². The minimum atomic E-state index is -1.66. The molecule has 1 rings (SSSR count). The maximum Gasteiger partial charge on any atom is 0.249 e. The molecule has 0 aliphatic carbocycles. The SMILES string of the molecule is CCCCCCCCCCCCCCCCCCCCCCCCCCCCCCCCCCCCCCCCC(O)C(=O)NC(COC1OC(CO)C(O)C(O)C1O)C(O)C(O)CCCCCCCCCC. The molecule has 0 saturated carbocycles. The van der Waals surface area contributed by atoms with Crippen LogP contribution in [0, 0.1) is 0 Å². The number of hydrogen-bond donors (Lipinski definition) is 8. The highest BCUT2D eigenvalue weighted by molar-refractivity contribution is 5.80. The molecule has 1 saturated heterocycles. The van der Waals surface area contributed by atoms with Gasteiger partial charge < -0.3 is 50.5 Å². The summed E-state index contributed by atoms with van der Waals surface area (Å²) in [6, 6.07) is -1.16. The van der Waals surface area contributed by atoms with Crippen LogP contribution in [-0.4, -0.2) is 110 Å². The molecule has 1 fully saturated rings. The van der Waals surface area contributed by atoms with Crippen molar-refractivity contribution in [1.29, 1.82) is 0 Å². The molecule has 1 aliphatic heterocycles. The van der Waals surface area contributed by atoms with Gasteiger partial charge in [0.1, 0.15) is 36.6 Å². The van der Waals surface area contributed by atoms with E-state index in [4.69, 9.17) is 9.47 Å². The van der Waals surface area contributed by atoms with Crippen molar-refractivity contribution in [3.8, 4) is 0 Å². The van der Waals surface area contributed by atoms with Gasteiger partial charge in [0.25, 0.3) is 0 Å². The molecular weight excluding hydrogens is 919 g/mol. The highest BCUT2D eigenvalue weighted by Gasteiger charge is 2.44. The summed E-state index contributed by atoms with van der Waals surface area (Å²) in [6.45, 7) is 3.44. The molecule has 73 heavy (non-hydrogen) atoms. The van der Waals surface area contributed by atoms with E-state index >= 15 is 0 Å². The molecular formula is C62H123NO10. The fourth-order valence-corrected chi connectivity index (χ4v) is 10.7. The Morgan fingerprint density at radius 1 is 0.425 bits per heavy atom. The molecule has 0 spiro atoms. The van der Waals surface area contributed by atoms with Crippen LogP contribution in [0.1, 0.15) is 322 Å². The molecule has 436 valence electrons. The quantitative estimate of drug-likeness (QED) is 0.0272. The Bertz CT molecular complexity index is 1150. The van der Waals surface area contributed by atoms with Gasteiger partial charge in [-0.05, 0) is 12.8 Å². The van der Waals surface area contributed by atoms with Crippen LogP contribution >= 0.6 is 0 Å². The summed E-state index contributed by atoms with van der Waals surface area (Å²) in [5.41, 5.74) is 0. The zero-order valence-electron chi connectivity index (χ0n) is 47.9. The van der Waals surface area contributed by atoms with Crippen molar-refractivity contribution < 1.29 is 50.0 Å². The van der Waals surface area contributed by atoms with Crippen molar-refractivity contribution in [2.24, 2.45) is 0 Å². The molecule has 11 nitrogen and oxygen atoms in total. The van der Waals surface area contributed by atoms with Crippen LogP contribution in [0.5, 0.6) is 0 Å². The van der Waals surface area contributed by atoms with E-state index in [0.717, 1.165) is 38.5 Å². The molecule has 1 amide bonds. The highest BCUT2D eigenvalue weighted by Crippen LogP contribution is 2.24. The van der Waals surface area contributed by atoms with Gasteiger partial charge in [-0.1, -0.05) is 309 Å². The fraction of sp³-hybridized carbons (Fsp3) is 0.984.